The number of carbonyl (C=O) groups is 3. The zero-order valence-corrected chi connectivity index (χ0v) is 17.6. The molecule has 1 aromatic heterocycles. The summed E-state index contributed by atoms with van der Waals surface area (Å²) in [5, 5.41) is 2.59. The molecule has 2 aromatic carbocycles. The van der Waals surface area contributed by atoms with Gasteiger partial charge in [0.25, 0.3) is 0 Å². The monoisotopic (exact) mass is 422 g/mol. The first-order valence-corrected chi connectivity index (χ1v) is 9.73. The lowest BCUT2D eigenvalue weighted by atomic mass is 10.1. The molecule has 0 radical (unpaired) electrons. The highest BCUT2D eigenvalue weighted by Gasteiger charge is 2.18. The second-order valence-corrected chi connectivity index (χ2v) is 7.26. The van der Waals surface area contributed by atoms with Crippen LogP contribution in [0.25, 0.3) is 0 Å². The number of aromatic nitrogens is 1. The number of hydrogen-bond acceptors (Lipinski definition) is 4. The minimum absolute atomic E-state index is 0.237. The molecule has 0 aliphatic carbocycles. The van der Waals surface area contributed by atoms with E-state index in [1.54, 1.807) is 36.4 Å². The number of ether oxygens (including phenoxy) is 1. The second kappa shape index (κ2) is 9.38. The van der Waals surface area contributed by atoms with Crippen LogP contribution >= 0.6 is 0 Å². The summed E-state index contributed by atoms with van der Waals surface area (Å²) >= 11 is 0. The number of carbonyl (C=O) groups excluding carboxylic acids is 3. The molecule has 0 bridgehead atoms. The third-order valence-corrected chi connectivity index (χ3v) is 4.88. The number of Topliss-reactive ketones (excluding diaryl/α,β-unsaturated/α-hetero) is 1. The summed E-state index contributed by atoms with van der Waals surface area (Å²) in [6, 6.07) is 14.3. The van der Waals surface area contributed by atoms with Crippen molar-refractivity contribution in [1.29, 1.82) is 0 Å². The molecule has 0 aliphatic rings. The van der Waals surface area contributed by atoms with Crippen LogP contribution in [0.4, 0.5) is 10.1 Å². The molecule has 1 N–H and O–H groups in total. The highest BCUT2D eigenvalue weighted by molar-refractivity contribution is 6.00. The fraction of sp³-hybridized carbons (Fsp3) is 0.208. The highest BCUT2D eigenvalue weighted by Crippen LogP contribution is 2.19. The van der Waals surface area contributed by atoms with Gasteiger partial charge < -0.3 is 14.6 Å². The first-order chi connectivity index (χ1) is 14.7. The number of nitrogens with zero attached hydrogens (tertiary/aromatic N) is 1. The molecule has 0 fully saturated rings. The average Bonchev–Trinajstić information content (AvgIpc) is 3.01. The smallest absolute Gasteiger partial charge is 0.338 e. The SMILES string of the molecule is CC(=O)Nc1cccc(C(=O)OCC(=O)c2cc(C)n(Cc3ccc(F)cc3)c2C)c1. The Morgan fingerprint density at radius 2 is 1.74 bits per heavy atom. The summed E-state index contributed by atoms with van der Waals surface area (Å²) in [5.74, 6) is -1.52. The van der Waals surface area contributed by atoms with Crippen LogP contribution < -0.4 is 5.32 Å². The van der Waals surface area contributed by atoms with Crippen molar-refractivity contribution in [2.75, 3.05) is 11.9 Å². The molecule has 0 spiro atoms. The summed E-state index contributed by atoms with van der Waals surface area (Å²) in [6.07, 6.45) is 0. The van der Waals surface area contributed by atoms with E-state index in [9.17, 15) is 18.8 Å². The van der Waals surface area contributed by atoms with E-state index in [2.05, 4.69) is 5.32 Å². The molecular formula is C24H23FN2O4. The number of ketones is 1. The lowest BCUT2D eigenvalue weighted by Gasteiger charge is -2.10. The Labute approximate surface area is 179 Å². The van der Waals surface area contributed by atoms with Crippen LogP contribution in [0.3, 0.4) is 0 Å². The van der Waals surface area contributed by atoms with Crippen molar-refractivity contribution in [3.8, 4) is 0 Å². The quantitative estimate of drug-likeness (QED) is 0.455. The molecule has 0 unspecified atom stereocenters. The van der Waals surface area contributed by atoms with Gasteiger partial charge in [-0.3, -0.25) is 9.59 Å². The molecule has 6 nitrogen and oxygen atoms in total. The van der Waals surface area contributed by atoms with Gasteiger partial charge in [-0.25, -0.2) is 9.18 Å². The fourth-order valence-corrected chi connectivity index (χ4v) is 3.32. The average molecular weight is 422 g/mol. The summed E-state index contributed by atoms with van der Waals surface area (Å²) in [7, 11) is 0. The number of halogens is 1. The Balaban J connectivity index is 1.67. The topological polar surface area (TPSA) is 77.4 Å². The summed E-state index contributed by atoms with van der Waals surface area (Å²) in [5.41, 5.74) is 3.71. The van der Waals surface area contributed by atoms with Gasteiger partial charge in [0.05, 0.1) is 5.56 Å². The van der Waals surface area contributed by atoms with Crippen molar-refractivity contribution < 1.29 is 23.5 Å². The number of esters is 1. The molecule has 160 valence electrons. The number of anilines is 1. The van der Waals surface area contributed by atoms with E-state index >= 15 is 0 Å². The maximum absolute atomic E-state index is 13.1. The largest absolute Gasteiger partial charge is 0.454 e. The first kappa shape index (κ1) is 22.0. The molecule has 3 rings (SSSR count). The fourth-order valence-electron chi connectivity index (χ4n) is 3.32. The van der Waals surface area contributed by atoms with Gasteiger partial charge in [0, 0.05) is 36.1 Å². The Morgan fingerprint density at radius 3 is 2.42 bits per heavy atom. The normalized spacial score (nSPS) is 10.6. The van der Waals surface area contributed by atoms with Crippen LogP contribution in [-0.4, -0.2) is 28.8 Å². The maximum Gasteiger partial charge on any atom is 0.338 e. The summed E-state index contributed by atoms with van der Waals surface area (Å²) in [6.45, 7) is 5.18. The van der Waals surface area contributed by atoms with Crippen molar-refractivity contribution in [1.82, 2.24) is 4.57 Å². The lowest BCUT2D eigenvalue weighted by molar-refractivity contribution is -0.114. The predicted octanol–water partition coefficient (Wildman–Crippen LogP) is 4.29. The molecule has 1 heterocycles. The standard InChI is InChI=1S/C24H23FN2O4/c1-15-11-22(16(2)27(15)13-18-7-9-20(25)10-8-18)23(29)14-31-24(30)19-5-4-6-21(12-19)26-17(3)28/h4-12H,13-14H2,1-3H3,(H,26,28). The number of aryl methyl sites for hydroxylation is 1. The van der Waals surface area contributed by atoms with E-state index in [-0.39, 0.29) is 23.1 Å². The third-order valence-electron chi connectivity index (χ3n) is 4.88. The van der Waals surface area contributed by atoms with Crippen molar-refractivity contribution in [3.63, 3.8) is 0 Å². The van der Waals surface area contributed by atoms with Gasteiger partial charge in [-0.2, -0.15) is 0 Å². The minimum Gasteiger partial charge on any atom is -0.454 e. The van der Waals surface area contributed by atoms with Crippen LogP contribution in [0.5, 0.6) is 0 Å². The van der Waals surface area contributed by atoms with Crippen LogP contribution in [0.2, 0.25) is 0 Å². The first-order valence-electron chi connectivity index (χ1n) is 9.73. The molecule has 0 saturated heterocycles. The molecule has 7 heteroatoms. The van der Waals surface area contributed by atoms with Gasteiger partial charge in [-0.05, 0) is 55.8 Å². The summed E-state index contributed by atoms with van der Waals surface area (Å²) < 4.78 is 20.3. The Kier molecular flexibility index (Phi) is 6.65. The van der Waals surface area contributed by atoms with E-state index in [0.29, 0.717) is 17.8 Å². The van der Waals surface area contributed by atoms with E-state index in [4.69, 9.17) is 4.74 Å². The van der Waals surface area contributed by atoms with Gasteiger partial charge in [-0.1, -0.05) is 18.2 Å². The van der Waals surface area contributed by atoms with Crippen molar-refractivity contribution in [2.45, 2.75) is 27.3 Å². The molecule has 0 aliphatic heterocycles. The zero-order chi connectivity index (χ0) is 22.5. The van der Waals surface area contributed by atoms with Crippen molar-refractivity contribution >= 4 is 23.3 Å². The molecule has 0 saturated carbocycles. The second-order valence-electron chi connectivity index (χ2n) is 7.26. The summed E-state index contributed by atoms with van der Waals surface area (Å²) in [4.78, 5) is 36.2. The molecule has 1 amide bonds. The molecule has 0 atom stereocenters. The number of hydrogen-bond donors (Lipinski definition) is 1. The Hall–Kier alpha value is -3.74. The van der Waals surface area contributed by atoms with Crippen LogP contribution in [0.15, 0.2) is 54.6 Å². The number of nitrogens with one attached hydrogen (secondary N) is 1. The number of rotatable bonds is 7. The van der Waals surface area contributed by atoms with Gasteiger partial charge >= 0.3 is 5.97 Å². The van der Waals surface area contributed by atoms with E-state index < -0.39 is 12.6 Å². The van der Waals surface area contributed by atoms with Gasteiger partial charge in [0.2, 0.25) is 11.7 Å². The Bertz CT molecular complexity index is 1130. The van der Waals surface area contributed by atoms with Crippen LogP contribution in [-0.2, 0) is 16.1 Å². The van der Waals surface area contributed by atoms with Crippen molar-refractivity contribution in [2.24, 2.45) is 0 Å². The van der Waals surface area contributed by atoms with Crippen LogP contribution in [0.1, 0.15) is 44.6 Å². The number of amides is 1. The predicted molar refractivity (Wildman–Crippen MR) is 115 cm³/mol. The van der Waals surface area contributed by atoms with Gasteiger partial charge in [0.15, 0.2) is 6.61 Å². The van der Waals surface area contributed by atoms with Gasteiger partial charge in [-0.15, -0.1) is 0 Å². The maximum atomic E-state index is 13.1. The Morgan fingerprint density at radius 1 is 1.03 bits per heavy atom. The zero-order valence-electron chi connectivity index (χ0n) is 17.6. The highest BCUT2D eigenvalue weighted by atomic mass is 19.1. The van der Waals surface area contributed by atoms with E-state index in [0.717, 1.165) is 17.0 Å². The minimum atomic E-state index is -0.652. The molecule has 31 heavy (non-hydrogen) atoms. The van der Waals surface area contributed by atoms with Crippen LogP contribution in [0, 0.1) is 19.7 Å². The van der Waals surface area contributed by atoms with Crippen molar-refractivity contribution in [3.05, 3.63) is 88.5 Å². The van der Waals surface area contributed by atoms with E-state index in [1.807, 2.05) is 18.4 Å². The molecular weight excluding hydrogens is 399 g/mol. The van der Waals surface area contributed by atoms with E-state index in [1.165, 1.54) is 25.1 Å². The number of benzene rings is 2. The van der Waals surface area contributed by atoms with Gasteiger partial charge in [0.1, 0.15) is 5.82 Å². The molecule has 3 aromatic rings. The third kappa shape index (κ3) is 5.45. The lowest BCUT2D eigenvalue weighted by Crippen LogP contribution is -2.15.